The number of piperidine rings is 1. The standard InChI is InChI=1S/C39H39F5N10O2/c1-36(2,3)56-35(55)53-17-11-22(19-38(53,12-14-45)13-15-46)54-33-25-18-26(39(42,43)44)28(24-9-10-27(40)23-8-7-16-47-30(23)24)29(41)31(25)48-34(32(33)49-50-54)52-20-37(4,21-52)51(5)6/h7-10,16,18,22H,11-13,17,19-21H2,1-6H3/t22-/m0/s1. The van der Waals surface area contributed by atoms with E-state index < -0.39 is 57.7 Å². The topological polar surface area (TPSA) is 140 Å². The summed E-state index contributed by atoms with van der Waals surface area (Å²) in [5.41, 5.74) is -5.31. The van der Waals surface area contributed by atoms with E-state index in [1.165, 1.54) is 27.9 Å². The highest BCUT2D eigenvalue weighted by molar-refractivity contribution is 6.09. The van der Waals surface area contributed by atoms with Crippen LogP contribution in [0.5, 0.6) is 0 Å². The van der Waals surface area contributed by atoms with E-state index in [0.29, 0.717) is 13.1 Å². The molecule has 7 rings (SSSR count). The van der Waals surface area contributed by atoms with Crippen LogP contribution in [0.4, 0.5) is 32.6 Å². The van der Waals surface area contributed by atoms with Gasteiger partial charge in [0.1, 0.15) is 22.5 Å². The van der Waals surface area contributed by atoms with Gasteiger partial charge in [-0.2, -0.15) is 23.7 Å². The summed E-state index contributed by atoms with van der Waals surface area (Å²) in [7, 11) is 3.84. The van der Waals surface area contributed by atoms with Gasteiger partial charge in [-0.05, 0) is 85.0 Å². The summed E-state index contributed by atoms with van der Waals surface area (Å²) in [5.74, 6) is -1.81. The molecular weight excluding hydrogens is 735 g/mol. The third-order valence-electron chi connectivity index (χ3n) is 11.0. The second kappa shape index (κ2) is 13.5. The molecule has 5 heterocycles. The maximum atomic E-state index is 17.3. The van der Waals surface area contributed by atoms with Gasteiger partial charge in [-0.1, -0.05) is 5.21 Å². The number of rotatable bonds is 6. The van der Waals surface area contributed by atoms with Gasteiger partial charge < -0.3 is 19.4 Å². The molecule has 0 bridgehead atoms. The Morgan fingerprint density at radius 2 is 1.73 bits per heavy atom. The Morgan fingerprint density at radius 3 is 2.36 bits per heavy atom. The molecule has 2 saturated heterocycles. The Kier molecular flexibility index (Phi) is 9.31. The molecule has 2 aliphatic rings. The minimum Gasteiger partial charge on any atom is -0.444 e. The highest BCUT2D eigenvalue weighted by Crippen LogP contribution is 2.48. The molecule has 0 spiro atoms. The number of pyridine rings is 2. The lowest BCUT2D eigenvalue weighted by Crippen LogP contribution is -2.67. The van der Waals surface area contributed by atoms with Crippen molar-refractivity contribution in [2.75, 3.05) is 38.6 Å². The molecule has 2 aromatic carbocycles. The van der Waals surface area contributed by atoms with Crippen molar-refractivity contribution in [2.45, 2.75) is 82.3 Å². The van der Waals surface area contributed by atoms with Crippen molar-refractivity contribution in [1.82, 2.24) is 34.8 Å². The molecule has 0 saturated carbocycles. The number of carbonyl (C=O) groups excluding carboxylic acids is 1. The van der Waals surface area contributed by atoms with Gasteiger partial charge >= 0.3 is 12.3 Å². The van der Waals surface area contributed by atoms with Gasteiger partial charge in [0.25, 0.3) is 0 Å². The summed E-state index contributed by atoms with van der Waals surface area (Å²) < 4.78 is 84.9. The van der Waals surface area contributed by atoms with Gasteiger partial charge in [-0.15, -0.1) is 5.10 Å². The van der Waals surface area contributed by atoms with Crippen LogP contribution in [0.15, 0.2) is 36.5 Å². The predicted octanol–water partition coefficient (Wildman–Crippen LogP) is 7.77. The largest absolute Gasteiger partial charge is 0.444 e. The Balaban J connectivity index is 1.49. The zero-order valence-electron chi connectivity index (χ0n) is 31.7. The number of aromatic nitrogens is 5. The first kappa shape index (κ1) is 38.6. The van der Waals surface area contributed by atoms with Gasteiger partial charge in [-0.3, -0.25) is 4.98 Å². The molecule has 1 amide bonds. The number of alkyl halides is 3. The molecule has 0 radical (unpaired) electrons. The van der Waals surface area contributed by atoms with Crippen LogP contribution < -0.4 is 4.90 Å². The minimum atomic E-state index is -5.10. The summed E-state index contributed by atoms with van der Waals surface area (Å²) in [6, 6.07) is 9.16. The smallest absolute Gasteiger partial charge is 0.417 e. The zero-order valence-corrected chi connectivity index (χ0v) is 31.7. The van der Waals surface area contributed by atoms with Crippen LogP contribution in [0.25, 0.3) is 44.0 Å². The number of ether oxygens (including phenoxy) is 1. The number of hydrogen-bond acceptors (Lipinski definition) is 10. The maximum Gasteiger partial charge on any atom is 0.417 e. The van der Waals surface area contributed by atoms with Crippen molar-refractivity contribution >= 4 is 44.8 Å². The molecule has 12 nitrogen and oxygen atoms in total. The Labute approximate surface area is 319 Å². The fourth-order valence-electron chi connectivity index (χ4n) is 7.96. The van der Waals surface area contributed by atoms with E-state index in [0.717, 1.165) is 18.2 Å². The van der Waals surface area contributed by atoms with Crippen molar-refractivity contribution < 1.29 is 31.5 Å². The summed E-state index contributed by atoms with van der Waals surface area (Å²) in [6.45, 7) is 8.00. The highest BCUT2D eigenvalue weighted by atomic mass is 19.4. The molecule has 0 N–H and O–H groups in total. The summed E-state index contributed by atoms with van der Waals surface area (Å²) in [5, 5.41) is 28.5. The summed E-state index contributed by atoms with van der Waals surface area (Å²) in [4.78, 5) is 27.6. The molecule has 5 aromatic rings. The first-order chi connectivity index (χ1) is 26.3. The van der Waals surface area contributed by atoms with E-state index in [-0.39, 0.29) is 76.5 Å². The van der Waals surface area contributed by atoms with E-state index in [1.54, 1.807) is 20.8 Å². The second-order valence-corrected chi connectivity index (χ2v) is 16.1. The van der Waals surface area contributed by atoms with Crippen LogP contribution in [0.3, 0.4) is 0 Å². The SMILES string of the molecule is CN(C)C1(C)CN(c2nc3c(F)c(-c4ccc(F)c5cccnc45)c(C(F)(F)F)cc3c3c2nnn3[C@H]2CCN(C(=O)OC(C)(C)C)C(CC#N)(CC#N)C2)C1. The van der Waals surface area contributed by atoms with Crippen LogP contribution in [-0.4, -0.2) is 91.3 Å². The molecule has 3 aromatic heterocycles. The first-order valence-electron chi connectivity index (χ1n) is 18.0. The van der Waals surface area contributed by atoms with E-state index in [9.17, 15) is 19.7 Å². The number of halogens is 5. The van der Waals surface area contributed by atoms with Crippen molar-refractivity contribution in [3.05, 3.63) is 53.7 Å². The fraction of sp³-hybridized carbons (Fsp3) is 0.462. The minimum absolute atomic E-state index is 0.00663. The zero-order chi connectivity index (χ0) is 40.5. The van der Waals surface area contributed by atoms with Crippen molar-refractivity contribution in [3.8, 4) is 23.3 Å². The number of anilines is 1. The van der Waals surface area contributed by atoms with E-state index in [2.05, 4.69) is 32.4 Å². The quantitative estimate of drug-likeness (QED) is 0.157. The van der Waals surface area contributed by atoms with Crippen LogP contribution in [0.1, 0.15) is 65.0 Å². The van der Waals surface area contributed by atoms with Gasteiger partial charge in [-0.25, -0.2) is 23.2 Å². The van der Waals surface area contributed by atoms with Gasteiger partial charge in [0.05, 0.1) is 53.2 Å². The fourth-order valence-corrected chi connectivity index (χ4v) is 7.96. The Morgan fingerprint density at radius 1 is 1.04 bits per heavy atom. The monoisotopic (exact) mass is 774 g/mol. The summed E-state index contributed by atoms with van der Waals surface area (Å²) in [6.07, 6.45) is -4.82. The molecule has 0 unspecified atom stereocenters. The lowest BCUT2D eigenvalue weighted by molar-refractivity contribution is -0.137. The first-order valence-corrected chi connectivity index (χ1v) is 18.0. The van der Waals surface area contributed by atoms with Crippen LogP contribution >= 0.6 is 0 Å². The molecule has 1 atom stereocenters. The molecular formula is C39H39F5N10O2. The molecule has 2 aliphatic heterocycles. The van der Waals surface area contributed by atoms with E-state index in [1.807, 2.05) is 30.8 Å². The molecule has 292 valence electrons. The number of nitrogens with zero attached hydrogens (tertiary/aromatic N) is 10. The lowest BCUT2D eigenvalue weighted by Gasteiger charge is -2.52. The third kappa shape index (κ3) is 6.37. The molecule has 2 fully saturated rings. The Hall–Kier alpha value is -5.68. The number of carbonyl (C=O) groups is 1. The average Bonchev–Trinajstić information content (AvgIpc) is 3.55. The van der Waals surface area contributed by atoms with Crippen molar-refractivity contribution in [1.29, 1.82) is 10.5 Å². The number of likely N-dealkylation sites (N-methyl/N-ethyl adjacent to an activating group) is 1. The highest BCUT2D eigenvalue weighted by Gasteiger charge is 2.48. The number of amides is 1. The molecule has 56 heavy (non-hydrogen) atoms. The van der Waals surface area contributed by atoms with Crippen molar-refractivity contribution in [2.24, 2.45) is 0 Å². The third-order valence-corrected chi connectivity index (χ3v) is 11.0. The maximum absolute atomic E-state index is 17.3. The second-order valence-electron chi connectivity index (χ2n) is 16.1. The van der Waals surface area contributed by atoms with E-state index >= 15 is 17.6 Å². The van der Waals surface area contributed by atoms with Gasteiger partial charge in [0.15, 0.2) is 17.2 Å². The van der Waals surface area contributed by atoms with E-state index in [4.69, 9.17) is 4.74 Å². The van der Waals surface area contributed by atoms with Gasteiger partial charge in [0, 0.05) is 47.7 Å². The van der Waals surface area contributed by atoms with Crippen molar-refractivity contribution in [3.63, 3.8) is 0 Å². The molecule has 17 heteroatoms. The number of hydrogen-bond donors (Lipinski definition) is 0. The summed E-state index contributed by atoms with van der Waals surface area (Å²) >= 11 is 0. The lowest BCUT2D eigenvalue weighted by atomic mass is 9.79. The van der Waals surface area contributed by atoms with Crippen LogP contribution in [-0.2, 0) is 10.9 Å². The normalized spacial score (nSPS) is 18.3. The predicted molar refractivity (Wildman–Crippen MR) is 197 cm³/mol. The Bertz CT molecular complexity index is 2460. The number of fused-ring (bicyclic) bond motifs is 4. The van der Waals surface area contributed by atoms with Crippen LogP contribution in [0, 0.1) is 34.3 Å². The number of benzene rings is 2. The van der Waals surface area contributed by atoms with Crippen LogP contribution in [0.2, 0.25) is 0 Å². The molecule has 0 aliphatic carbocycles. The average molecular weight is 775 g/mol. The number of nitriles is 2. The van der Waals surface area contributed by atoms with Gasteiger partial charge in [0.2, 0.25) is 0 Å². The number of likely N-dealkylation sites (tertiary alicyclic amines) is 1.